The average molecular weight is 413 g/mol. The van der Waals surface area contributed by atoms with E-state index in [0.717, 1.165) is 19.6 Å². The first-order valence-electron chi connectivity index (χ1n) is 11.1. The molecule has 3 aliphatic heterocycles. The molecule has 2 atom stereocenters. The van der Waals surface area contributed by atoms with E-state index in [4.69, 9.17) is 0 Å². The van der Waals surface area contributed by atoms with Crippen molar-refractivity contribution >= 4 is 23.4 Å². The summed E-state index contributed by atoms with van der Waals surface area (Å²) >= 11 is 0. The van der Waals surface area contributed by atoms with E-state index in [9.17, 15) is 14.4 Å². The van der Waals surface area contributed by atoms with Gasteiger partial charge in [0.05, 0.1) is 11.3 Å². The SMILES string of the molecule is CC(CNC(=O)CN1C(=O)c2ccccc2N2C(=O)CCC12C)CN1CCCCC1. The van der Waals surface area contributed by atoms with Gasteiger partial charge in [0.1, 0.15) is 12.2 Å². The summed E-state index contributed by atoms with van der Waals surface area (Å²) in [6, 6.07) is 7.17. The highest BCUT2D eigenvalue weighted by Crippen LogP contribution is 2.43. The van der Waals surface area contributed by atoms with Gasteiger partial charge in [-0.25, -0.2) is 0 Å². The molecule has 0 spiro atoms. The lowest BCUT2D eigenvalue weighted by molar-refractivity contribution is -0.124. The molecule has 3 heterocycles. The van der Waals surface area contributed by atoms with Crippen molar-refractivity contribution in [1.82, 2.24) is 15.1 Å². The lowest BCUT2D eigenvalue weighted by atomic mass is 9.98. The second-order valence-corrected chi connectivity index (χ2v) is 9.13. The van der Waals surface area contributed by atoms with Crippen molar-refractivity contribution in [3.8, 4) is 0 Å². The molecule has 0 aliphatic carbocycles. The fraction of sp³-hybridized carbons (Fsp3) is 0.609. The Kier molecular flexibility index (Phi) is 5.82. The molecular weight excluding hydrogens is 380 g/mol. The summed E-state index contributed by atoms with van der Waals surface area (Å²) in [5.74, 6) is -0.00713. The van der Waals surface area contributed by atoms with Crippen LogP contribution < -0.4 is 10.2 Å². The van der Waals surface area contributed by atoms with E-state index in [-0.39, 0.29) is 24.3 Å². The number of hydrogen-bond acceptors (Lipinski definition) is 4. The predicted octanol–water partition coefficient (Wildman–Crippen LogP) is 2.22. The highest BCUT2D eigenvalue weighted by Gasteiger charge is 2.53. The van der Waals surface area contributed by atoms with Crippen LogP contribution in [-0.4, -0.2) is 65.9 Å². The summed E-state index contributed by atoms with van der Waals surface area (Å²) in [5, 5.41) is 3.01. The molecule has 0 radical (unpaired) electrons. The van der Waals surface area contributed by atoms with Crippen LogP contribution in [0.2, 0.25) is 0 Å². The fourth-order valence-electron chi connectivity index (χ4n) is 5.08. The van der Waals surface area contributed by atoms with E-state index in [2.05, 4.69) is 17.1 Å². The first-order valence-corrected chi connectivity index (χ1v) is 11.1. The summed E-state index contributed by atoms with van der Waals surface area (Å²) in [5.41, 5.74) is 0.343. The quantitative estimate of drug-likeness (QED) is 0.778. The maximum absolute atomic E-state index is 13.2. The molecule has 2 fully saturated rings. The van der Waals surface area contributed by atoms with Gasteiger partial charge in [0.25, 0.3) is 5.91 Å². The first-order chi connectivity index (χ1) is 14.4. The Morgan fingerprint density at radius 3 is 2.67 bits per heavy atom. The molecule has 1 aromatic rings. The molecule has 0 saturated carbocycles. The second-order valence-electron chi connectivity index (χ2n) is 9.13. The van der Waals surface area contributed by atoms with Gasteiger partial charge < -0.3 is 15.1 Å². The maximum atomic E-state index is 13.2. The van der Waals surface area contributed by atoms with Gasteiger partial charge in [0, 0.05) is 19.5 Å². The first kappa shape index (κ1) is 20.8. The summed E-state index contributed by atoms with van der Waals surface area (Å²) in [6.45, 7) is 7.85. The van der Waals surface area contributed by atoms with Crippen molar-refractivity contribution in [2.24, 2.45) is 5.92 Å². The van der Waals surface area contributed by atoms with Gasteiger partial charge in [-0.15, -0.1) is 0 Å². The average Bonchev–Trinajstić information content (AvgIpc) is 3.06. The minimum atomic E-state index is -0.792. The van der Waals surface area contributed by atoms with E-state index in [1.165, 1.54) is 19.3 Å². The Hall–Kier alpha value is -2.41. The minimum Gasteiger partial charge on any atom is -0.354 e. The smallest absolute Gasteiger partial charge is 0.258 e. The van der Waals surface area contributed by atoms with Gasteiger partial charge in [0.2, 0.25) is 11.8 Å². The number of nitrogens with zero attached hydrogens (tertiary/aromatic N) is 3. The number of rotatable bonds is 6. The zero-order valence-corrected chi connectivity index (χ0v) is 18.0. The lowest BCUT2D eigenvalue weighted by Crippen LogP contribution is -2.64. The highest BCUT2D eigenvalue weighted by molar-refractivity contribution is 6.11. The number of hydrogen-bond donors (Lipinski definition) is 1. The van der Waals surface area contributed by atoms with Crippen molar-refractivity contribution in [3.05, 3.63) is 29.8 Å². The number of anilines is 1. The molecule has 7 heteroatoms. The molecule has 7 nitrogen and oxygen atoms in total. The van der Waals surface area contributed by atoms with Crippen molar-refractivity contribution in [2.45, 2.75) is 51.6 Å². The summed E-state index contributed by atoms with van der Waals surface area (Å²) in [6.07, 6.45) is 4.73. The Labute approximate surface area is 178 Å². The number of piperidine rings is 1. The van der Waals surface area contributed by atoms with Crippen LogP contribution in [0.4, 0.5) is 5.69 Å². The zero-order valence-electron chi connectivity index (χ0n) is 18.0. The molecule has 0 aromatic heterocycles. The van der Waals surface area contributed by atoms with Gasteiger partial charge in [-0.2, -0.15) is 0 Å². The number of fused-ring (bicyclic) bond motifs is 3. The third-order valence-corrected chi connectivity index (χ3v) is 6.71. The molecule has 1 aromatic carbocycles. The van der Waals surface area contributed by atoms with E-state index < -0.39 is 5.66 Å². The zero-order chi connectivity index (χ0) is 21.3. The van der Waals surface area contributed by atoms with Crippen LogP contribution in [0.1, 0.15) is 56.3 Å². The molecule has 4 rings (SSSR count). The lowest BCUT2D eigenvalue weighted by Gasteiger charge is -2.48. The number of carbonyl (C=O) groups is 3. The van der Waals surface area contributed by atoms with Gasteiger partial charge in [-0.05, 0) is 57.3 Å². The van der Waals surface area contributed by atoms with Crippen LogP contribution in [0.5, 0.6) is 0 Å². The van der Waals surface area contributed by atoms with Crippen LogP contribution >= 0.6 is 0 Å². The van der Waals surface area contributed by atoms with Crippen LogP contribution in [0.3, 0.4) is 0 Å². The predicted molar refractivity (Wildman–Crippen MR) is 115 cm³/mol. The van der Waals surface area contributed by atoms with Gasteiger partial charge >= 0.3 is 0 Å². The number of benzene rings is 1. The molecule has 0 bridgehead atoms. The monoisotopic (exact) mass is 412 g/mol. The van der Waals surface area contributed by atoms with E-state index in [1.807, 2.05) is 19.1 Å². The number of likely N-dealkylation sites (tertiary alicyclic amines) is 1. The van der Waals surface area contributed by atoms with Crippen molar-refractivity contribution < 1.29 is 14.4 Å². The number of amides is 3. The minimum absolute atomic E-state index is 0.00184. The maximum Gasteiger partial charge on any atom is 0.258 e. The topological polar surface area (TPSA) is 73.0 Å². The second kappa shape index (κ2) is 8.38. The third kappa shape index (κ3) is 3.83. The van der Waals surface area contributed by atoms with Crippen LogP contribution in [0, 0.1) is 5.92 Å². The molecular formula is C23H32N4O3. The van der Waals surface area contributed by atoms with Gasteiger partial charge in [-0.1, -0.05) is 25.5 Å². The molecule has 30 heavy (non-hydrogen) atoms. The highest BCUT2D eigenvalue weighted by atomic mass is 16.2. The Balaban J connectivity index is 1.41. The molecule has 3 aliphatic rings. The van der Waals surface area contributed by atoms with E-state index >= 15 is 0 Å². The molecule has 1 N–H and O–H groups in total. The summed E-state index contributed by atoms with van der Waals surface area (Å²) < 4.78 is 0. The fourth-order valence-corrected chi connectivity index (χ4v) is 5.08. The van der Waals surface area contributed by atoms with Crippen LogP contribution in [-0.2, 0) is 9.59 Å². The Bertz CT molecular complexity index is 835. The van der Waals surface area contributed by atoms with Crippen molar-refractivity contribution in [2.75, 3.05) is 37.6 Å². The molecule has 2 unspecified atom stereocenters. The summed E-state index contributed by atoms with van der Waals surface area (Å²) in [4.78, 5) is 44.3. The van der Waals surface area contributed by atoms with Gasteiger partial charge in [-0.3, -0.25) is 19.3 Å². The van der Waals surface area contributed by atoms with Gasteiger partial charge in [0.15, 0.2) is 0 Å². The van der Waals surface area contributed by atoms with Crippen LogP contribution in [0.15, 0.2) is 24.3 Å². The molecule has 2 saturated heterocycles. The third-order valence-electron chi connectivity index (χ3n) is 6.71. The summed E-state index contributed by atoms with van der Waals surface area (Å²) in [7, 11) is 0. The normalized spacial score (nSPS) is 25.1. The number of carbonyl (C=O) groups excluding carboxylic acids is 3. The van der Waals surface area contributed by atoms with Crippen LogP contribution in [0.25, 0.3) is 0 Å². The standard InChI is InChI=1S/C23H32N4O3/c1-17(15-25-12-6-3-7-13-25)14-24-20(28)16-26-22(30)18-8-4-5-9-19(18)27-21(29)10-11-23(26,27)2/h4-5,8-9,17H,3,6-7,10-16H2,1-2H3,(H,24,28). The molecule has 3 amide bonds. The number of para-hydroxylation sites is 1. The molecule has 162 valence electrons. The van der Waals surface area contributed by atoms with E-state index in [0.29, 0.717) is 36.6 Å². The van der Waals surface area contributed by atoms with Crippen molar-refractivity contribution in [1.29, 1.82) is 0 Å². The Morgan fingerprint density at radius 1 is 1.17 bits per heavy atom. The largest absolute Gasteiger partial charge is 0.354 e. The Morgan fingerprint density at radius 2 is 1.90 bits per heavy atom. The van der Waals surface area contributed by atoms with E-state index in [1.54, 1.807) is 21.9 Å². The van der Waals surface area contributed by atoms with Crippen molar-refractivity contribution in [3.63, 3.8) is 0 Å². The number of nitrogens with one attached hydrogen (secondary N) is 1.